The van der Waals surface area contributed by atoms with E-state index in [-0.39, 0.29) is 5.91 Å². The molecule has 0 aliphatic carbocycles. The van der Waals surface area contributed by atoms with Gasteiger partial charge in [0.15, 0.2) is 0 Å². The second kappa shape index (κ2) is 5.42. The van der Waals surface area contributed by atoms with Gasteiger partial charge in [0.25, 0.3) is 5.91 Å². The molecule has 0 bridgehead atoms. The van der Waals surface area contributed by atoms with Gasteiger partial charge in [0.05, 0.1) is 10.6 Å². The number of fused-ring (bicyclic) bond motifs is 1. The lowest BCUT2D eigenvalue weighted by Crippen LogP contribution is -2.13. The van der Waals surface area contributed by atoms with E-state index in [1.165, 1.54) is 0 Å². The van der Waals surface area contributed by atoms with Crippen molar-refractivity contribution in [3.8, 4) is 0 Å². The summed E-state index contributed by atoms with van der Waals surface area (Å²) in [5.41, 5.74) is 7.25. The van der Waals surface area contributed by atoms with Crippen LogP contribution in [0.25, 0.3) is 10.8 Å². The van der Waals surface area contributed by atoms with Crippen LogP contribution in [0.15, 0.2) is 54.9 Å². The van der Waals surface area contributed by atoms with Crippen molar-refractivity contribution in [1.29, 1.82) is 0 Å². The number of hydrogen-bond donors (Lipinski definition) is 2. The van der Waals surface area contributed by atoms with Gasteiger partial charge in [-0.2, -0.15) is 0 Å². The molecule has 0 fully saturated rings. The van der Waals surface area contributed by atoms with E-state index in [1.807, 2.05) is 24.3 Å². The number of carbonyl (C=O) groups is 1. The van der Waals surface area contributed by atoms with Crippen molar-refractivity contribution in [3.05, 3.63) is 65.4 Å². The number of aromatic nitrogens is 1. The maximum Gasteiger partial charge on any atom is 0.257 e. The summed E-state index contributed by atoms with van der Waals surface area (Å²) in [6.45, 7) is 0. The number of nitrogens with one attached hydrogen (secondary N) is 1. The van der Waals surface area contributed by atoms with E-state index in [0.29, 0.717) is 22.0 Å². The molecule has 0 aliphatic heterocycles. The lowest BCUT2D eigenvalue weighted by atomic mass is 10.1. The molecule has 3 N–H and O–H groups in total. The number of nitrogens with two attached hydrogens (primary N) is 1. The van der Waals surface area contributed by atoms with E-state index < -0.39 is 0 Å². The highest BCUT2D eigenvalue weighted by atomic mass is 35.5. The van der Waals surface area contributed by atoms with Crippen LogP contribution in [-0.4, -0.2) is 10.9 Å². The number of anilines is 2. The third-order valence-electron chi connectivity index (χ3n) is 3.16. The van der Waals surface area contributed by atoms with Crippen molar-refractivity contribution in [2.45, 2.75) is 0 Å². The summed E-state index contributed by atoms with van der Waals surface area (Å²) in [6, 6.07) is 12.3. The Morgan fingerprint density at radius 2 is 2.05 bits per heavy atom. The van der Waals surface area contributed by atoms with E-state index in [4.69, 9.17) is 17.3 Å². The van der Waals surface area contributed by atoms with Gasteiger partial charge in [-0.3, -0.25) is 9.78 Å². The second-order valence-corrected chi connectivity index (χ2v) is 5.00. The molecule has 21 heavy (non-hydrogen) atoms. The van der Waals surface area contributed by atoms with Crippen LogP contribution in [0.3, 0.4) is 0 Å². The third-order valence-corrected chi connectivity index (χ3v) is 3.49. The second-order valence-electron chi connectivity index (χ2n) is 4.60. The molecule has 1 heterocycles. The fraction of sp³-hybridized carbons (Fsp3) is 0. The zero-order valence-electron chi connectivity index (χ0n) is 11.0. The van der Waals surface area contributed by atoms with Crippen LogP contribution in [-0.2, 0) is 0 Å². The zero-order valence-corrected chi connectivity index (χ0v) is 11.8. The molecular weight excluding hydrogens is 286 g/mol. The van der Waals surface area contributed by atoms with Crippen molar-refractivity contribution in [3.63, 3.8) is 0 Å². The van der Waals surface area contributed by atoms with Crippen molar-refractivity contribution < 1.29 is 4.79 Å². The summed E-state index contributed by atoms with van der Waals surface area (Å²) in [7, 11) is 0. The highest BCUT2D eigenvalue weighted by molar-refractivity contribution is 6.34. The quantitative estimate of drug-likeness (QED) is 0.708. The van der Waals surface area contributed by atoms with E-state index >= 15 is 0 Å². The predicted octanol–water partition coefficient (Wildman–Crippen LogP) is 3.72. The number of nitrogens with zero attached hydrogens (tertiary/aromatic N) is 1. The number of halogens is 1. The molecule has 3 rings (SSSR count). The summed E-state index contributed by atoms with van der Waals surface area (Å²) < 4.78 is 0. The minimum Gasteiger partial charge on any atom is -0.399 e. The molecule has 2 aromatic carbocycles. The van der Waals surface area contributed by atoms with Crippen LogP contribution in [0.1, 0.15) is 10.4 Å². The Labute approximate surface area is 126 Å². The maximum atomic E-state index is 12.4. The molecule has 0 saturated heterocycles. The fourth-order valence-electron chi connectivity index (χ4n) is 2.14. The molecule has 0 unspecified atom stereocenters. The van der Waals surface area contributed by atoms with Gasteiger partial charge >= 0.3 is 0 Å². The summed E-state index contributed by atoms with van der Waals surface area (Å²) in [5, 5.41) is 5.10. The van der Waals surface area contributed by atoms with Gasteiger partial charge in [-0.1, -0.05) is 23.7 Å². The van der Waals surface area contributed by atoms with E-state index in [1.54, 1.807) is 30.6 Å². The van der Waals surface area contributed by atoms with Crippen LogP contribution in [0, 0.1) is 0 Å². The largest absolute Gasteiger partial charge is 0.399 e. The molecule has 1 amide bonds. The Balaban J connectivity index is 1.99. The minimum atomic E-state index is -0.295. The average molecular weight is 298 g/mol. The summed E-state index contributed by atoms with van der Waals surface area (Å²) >= 11 is 6.05. The van der Waals surface area contributed by atoms with Gasteiger partial charge in [-0.15, -0.1) is 0 Å². The molecule has 4 nitrogen and oxygen atoms in total. The predicted molar refractivity (Wildman–Crippen MR) is 85.6 cm³/mol. The van der Waals surface area contributed by atoms with Crippen molar-refractivity contribution >= 4 is 39.7 Å². The summed E-state index contributed by atoms with van der Waals surface area (Å²) in [4.78, 5) is 16.4. The Morgan fingerprint density at radius 3 is 2.90 bits per heavy atom. The number of pyridine rings is 1. The summed E-state index contributed by atoms with van der Waals surface area (Å²) in [5.74, 6) is -0.295. The van der Waals surface area contributed by atoms with Gasteiger partial charge in [-0.25, -0.2) is 0 Å². The van der Waals surface area contributed by atoms with Crippen LogP contribution in [0.2, 0.25) is 5.02 Å². The molecule has 0 atom stereocenters. The molecule has 104 valence electrons. The van der Waals surface area contributed by atoms with Crippen LogP contribution < -0.4 is 11.1 Å². The Morgan fingerprint density at radius 1 is 1.19 bits per heavy atom. The first-order valence-corrected chi connectivity index (χ1v) is 6.72. The first-order chi connectivity index (χ1) is 10.1. The van der Waals surface area contributed by atoms with Gasteiger partial charge in [0.2, 0.25) is 0 Å². The SMILES string of the molecule is Nc1ccc(Cl)c(C(=O)Nc2cccc3cnccc23)c1. The Hall–Kier alpha value is -2.59. The van der Waals surface area contributed by atoms with Gasteiger partial charge in [-0.05, 0) is 30.3 Å². The number of nitrogen functional groups attached to an aromatic ring is 1. The van der Waals surface area contributed by atoms with E-state index in [9.17, 15) is 4.79 Å². The smallest absolute Gasteiger partial charge is 0.257 e. The molecule has 0 spiro atoms. The Bertz CT molecular complexity index is 827. The van der Waals surface area contributed by atoms with Crippen LogP contribution >= 0.6 is 11.6 Å². The van der Waals surface area contributed by atoms with Crippen molar-refractivity contribution in [1.82, 2.24) is 4.98 Å². The maximum absolute atomic E-state index is 12.4. The monoisotopic (exact) mass is 297 g/mol. The standard InChI is InChI=1S/C16H12ClN3O/c17-14-5-4-11(18)8-13(14)16(21)20-15-3-1-2-10-9-19-7-6-12(10)15/h1-9H,18H2,(H,20,21). The number of carbonyl (C=O) groups excluding carboxylic acids is 1. The zero-order chi connectivity index (χ0) is 14.8. The molecule has 0 saturated carbocycles. The highest BCUT2D eigenvalue weighted by Gasteiger charge is 2.12. The molecule has 5 heteroatoms. The first kappa shape index (κ1) is 13.4. The van der Waals surface area contributed by atoms with E-state index in [0.717, 1.165) is 10.8 Å². The van der Waals surface area contributed by atoms with Gasteiger partial charge in [0.1, 0.15) is 0 Å². The van der Waals surface area contributed by atoms with Crippen molar-refractivity contribution in [2.24, 2.45) is 0 Å². The van der Waals surface area contributed by atoms with Crippen molar-refractivity contribution in [2.75, 3.05) is 11.1 Å². The molecule has 3 aromatic rings. The van der Waals surface area contributed by atoms with Gasteiger partial charge < -0.3 is 11.1 Å². The third kappa shape index (κ3) is 2.66. The molecular formula is C16H12ClN3O. The van der Waals surface area contributed by atoms with Crippen LogP contribution in [0.4, 0.5) is 11.4 Å². The van der Waals surface area contributed by atoms with Gasteiger partial charge in [0, 0.05) is 34.5 Å². The number of benzene rings is 2. The fourth-order valence-corrected chi connectivity index (χ4v) is 2.34. The number of hydrogen-bond acceptors (Lipinski definition) is 3. The molecule has 0 radical (unpaired) electrons. The first-order valence-electron chi connectivity index (χ1n) is 6.34. The topological polar surface area (TPSA) is 68.0 Å². The highest BCUT2D eigenvalue weighted by Crippen LogP contribution is 2.25. The number of rotatable bonds is 2. The lowest BCUT2D eigenvalue weighted by Gasteiger charge is -2.10. The summed E-state index contributed by atoms with van der Waals surface area (Å²) in [6.07, 6.45) is 3.43. The lowest BCUT2D eigenvalue weighted by molar-refractivity contribution is 0.102. The molecule has 0 aliphatic rings. The number of amides is 1. The van der Waals surface area contributed by atoms with E-state index in [2.05, 4.69) is 10.3 Å². The normalized spacial score (nSPS) is 10.5. The average Bonchev–Trinajstić information content (AvgIpc) is 2.50. The van der Waals surface area contributed by atoms with Crippen LogP contribution in [0.5, 0.6) is 0 Å². The minimum absolute atomic E-state index is 0.295. The Kier molecular flexibility index (Phi) is 3.46. The molecule has 1 aromatic heterocycles.